The van der Waals surface area contributed by atoms with E-state index in [1.165, 1.54) is 0 Å². The van der Waals surface area contributed by atoms with Gasteiger partial charge in [-0.15, -0.1) is 0 Å². The summed E-state index contributed by atoms with van der Waals surface area (Å²) in [5, 5.41) is 4.62. The Kier molecular flexibility index (Phi) is 2.59. The van der Waals surface area contributed by atoms with Gasteiger partial charge in [-0.1, -0.05) is 0 Å². The van der Waals surface area contributed by atoms with E-state index in [9.17, 15) is 21.6 Å². The van der Waals surface area contributed by atoms with Crippen molar-refractivity contribution in [2.45, 2.75) is 11.9 Å². The molecule has 0 saturated carbocycles. The lowest BCUT2D eigenvalue weighted by atomic mass is 10.4. The maximum atomic E-state index is 12.0. The number of hydrogen-bond donors (Lipinski definition) is 1. The molecule has 1 rings (SSSR count). The Morgan fingerprint density at radius 1 is 1.36 bits per heavy atom. The number of alkyl halides is 3. The second kappa shape index (κ2) is 3.28. The van der Waals surface area contributed by atoms with Crippen molar-refractivity contribution in [2.75, 3.05) is 0 Å². The SMILES string of the molecule is NS(=O)(=O)Cc1ccc(C(F)(F)F)o1. The van der Waals surface area contributed by atoms with Crippen LogP contribution in [-0.4, -0.2) is 8.42 Å². The van der Waals surface area contributed by atoms with Crippen LogP contribution < -0.4 is 5.14 Å². The van der Waals surface area contributed by atoms with Crippen molar-refractivity contribution in [3.05, 3.63) is 23.7 Å². The van der Waals surface area contributed by atoms with Crippen LogP contribution >= 0.6 is 0 Å². The number of nitrogens with two attached hydrogens (primary N) is 1. The fourth-order valence-corrected chi connectivity index (χ4v) is 1.36. The van der Waals surface area contributed by atoms with Gasteiger partial charge in [0, 0.05) is 0 Å². The summed E-state index contributed by atoms with van der Waals surface area (Å²) in [6.45, 7) is 0. The maximum Gasteiger partial charge on any atom is 0.449 e. The fourth-order valence-electron chi connectivity index (χ4n) is 0.806. The van der Waals surface area contributed by atoms with E-state index >= 15 is 0 Å². The molecular weight excluding hydrogens is 223 g/mol. The van der Waals surface area contributed by atoms with Gasteiger partial charge in [0.05, 0.1) is 0 Å². The van der Waals surface area contributed by atoms with E-state index in [2.05, 4.69) is 9.56 Å². The molecule has 0 aliphatic rings. The first kappa shape index (κ1) is 11.1. The Morgan fingerprint density at radius 3 is 2.29 bits per heavy atom. The lowest BCUT2D eigenvalue weighted by molar-refractivity contribution is -0.153. The van der Waals surface area contributed by atoms with Gasteiger partial charge < -0.3 is 4.42 Å². The predicted octanol–water partition coefficient (Wildman–Crippen LogP) is 1.09. The molecule has 1 aromatic rings. The Morgan fingerprint density at radius 2 is 1.93 bits per heavy atom. The van der Waals surface area contributed by atoms with Crippen LogP contribution in [-0.2, 0) is 22.0 Å². The third-order valence-electron chi connectivity index (χ3n) is 1.28. The van der Waals surface area contributed by atoms with Crippen LogP contribution in [0.5, 0.6) is 0 Å². The number of sulfonamides is 1. The van der Waals surface area contributed by atoms with Gasteiger partial charge in [0.1, 0.15) is 11.5 Å². The van der Waals surface area contributed by atoms with Crippen LogP contribution in [0.3, 0.4) is 0 Å². The molecule has 0 atom stereocenters. The van der Waals surface area contributed by atoms with Gasteiger partial charge in [-0.2, -0.15) is 13.2 Å². The molecule has 1 heterocycles. The van der Waals surface area contributed by atoms with Crippen molar-refractivity contribution >= 4 is 10.0 Å². The monoisotopic (exact) mass is 229 g/mol. The molecule has 0 radical (unpaired) electrons. The molecule has 0 bridgehead atoms. The van der Waals surface area contributed by atoms with Crippen LogP contribution in [0.25, 0.3) is 0 Å². The summed E-state index contributed by atoms with van der Waals surface area (Å²) in [6.07, 6.45) is -4.61. The molecule has 0 saturated heterocycles. The first-order chi connectivity index (χ1) is 6.18. The number of furan rings is 1. The molecule has 0 aromatic carbocycles. The van der Waals surface area contributed by atoms with Crippen LogP contribution in [0, 0.1) is 0 Å². The third-order valence-corrected chi connectivity index (χ3v) is 1.97. The second-order valence-corrected chi connectivity index (χ2v) is 4.19. The molecule has 4 nitrogen and oxygen atoms in total. The van der Waals surface area contributed by atoms with Crippen LogP contribution in [0.4, 0.5) is 13.2 Å². The fraction of sp³-hybridized carbons (Fsp3) is 0.333. The quantitative estimate of drug-likeness (QED) is 0.824. The number of hydrogen-bond acceptors (Lipinski definition) is 3. The van der Waals surface area contributed by atoms with Gasteiger partial charge in [-0.05, 0) is 12.1 Å². The van der Waals surface area contributed by atoms with Gasteiger partial charge in [0.15, 0.2) is 0 Å². The molecule has 0 spiro atoms. The van der Waals surface area contributed by atoms with E-state index in [-0.39, 0.29) is 5.76 Å². The van der Waals surface area contributed by atoms with Crippen molar-refractivity contribution in [2.24, 2.45) is 5.14 Å². The average Bonchev–Trinajstić information content (AvgIpc) is 2.29. The smallest absolute Gasteiger partial charge is 0.449 e. The summed E-state index contributed by atoms with van der Waals surface area (Å²) in [5.74, 6) is -2.32. The summed E-state index contributed by atoms with van der Waals surface area (Å²) in [4.78, 5) is 0. The molecule has 1 aromatic heterocycles. The van der Waals surface area contributed by atoms with E-state index < -0.39 is 27.7 Å². The molecule has 0 aliphatic heterocycles. The van der Waals surface area contributed by atoms with E-state index in [4.69, 9.17) is 0 Å². The maximum absolute atomic E-state index is 12.0. The van der Waals surface area contributed by atoms with E-state index in [1.807, 2.05) is 0 Å². The number of halogens is 3. The van der Waals surface area contributed by atoms with Crippen LogP contribution in [0.2, 0.25) is 0 Å². The van der Waals surface area contributed by atoms with Crippen molar-refractivity contribution in [1.82, 2.24) is 0 Å². The van der Waals surface area contributed by atoms with E-state index in [0.29, 0.717) is 6.07 Å². The highest BCUT2D eigenvalue weighted by Gasteiger charge is 2.34. The summed E-state index contributed by atoms with van der Waals surface area (Å²) in [6, 6.07) is 1.58. The number of primary sulfonamides is 1. The molecule has 2 N–H and O–H groups in total. The summed E-state index contributed by atoms with van der Waals surface area (Å²) in [7, 11) is -3.87. The molecule has 0 fully saturated rings. The summed E-state index contributed by atoms with van der Waals surface area (Å²) >= 11 is 0. The van der Waals surface area contributed by atoms with Crippen LogP contribution in [0.15, 0.2) is 16.5 Å². The highest BCUT2D eigenvalue weighted by Crippen LogP contribution is 2.30. The summed E-state index contributed by atoms with van der Waals surface area (Å²) in [5.41, 5.74) is 0. The highest BCUT2D eigenvalue weighted by atomic mass is 32.2. The molecule has 8 heteroatoms. The van der Waals surface area contributed by atoms with Crippen molar-refractivity contribution in [3.8, 4) is 0 Å². The van der Waals surface area contributed by atoms with E-state index in [0.717, 1.165) is 6.07 Å². The summed E-state index contributed by atoms with van der Waals surface area (Å²) < 4.78 is 61.1. The lowest BCUT2D eigenvalue weighted by Gasteiger charge is -2.00. The van der Waals surface area contributed by atoms with Gasteiger partial charge >= 0.3 is 6.18 Å². The molecule has 0 amide bonds. The largest absolute Gasteiger partial charge is 0.455 e. The zero-order valence-electron chi connectivity index (χ0n) is 6.71. The minimum Gasteiger partial charge on any atom is -0.455 e. The highest BCUT2D eigenvalue weighted by molar-refractivity contribution is 7.88. The molecular formula is C6H6F3NO3S. The molecule has 0 unspecified atom stereocenters. The Hall–Kier alpha value is -1.02. The van der Waals surface area contributed by atoms with Gasteiger partial charge in [-0.3, -0.25) is 0 Å². The lowest BCUT2D eigenvalue weighted by Crippen LogP contribution is -2.14. The number of rotatable bonds is 2. The minimum atomic E-state index is -4.61. The van der Waals surface area contributed by atoms with Gasteiger partial charge in [-0.25, -0.2) is 13.6 Å². The zero-order chi connectivity index (χ0) is 11.0. The molecule has 14 heavy (non-hydrogen) atoms. The zero-order valence-corrected chi connectivity index (χ0v) is 7.52. The van der Waals surface area contributed by atoms with Gasteiger partial charge in [0.25, 0.3) is 0 Å². The topological polar surface area (TPSA) is 73.3 Å². The first-order valence-corrected chi connectivity index (χ1v) is 5.06. The first-order valence-electron chi connectivity index (χ1n) is 3.35. The second-order valence-electron chi connectivity index (χ2n) is 2.57. The van der Waals surface area contributed by atoms with E-state index in [1.54, 1.807) is 0 Å². The standard InChI is InChI=1S/C6H6F3NO3S/c7-6(8,9)5-2-1-4(13-5)3-14(10,11)12/h1-2H,3H2,(H2,10,11,12). The molecule has 80 valence electrons. The van der Waals surface area contributed by atoms with Gasteiger partial charge in [0.2, 0.25) is 15.8 Å². The van der Waals surface area contributed by atoms with Crippen LogP contribution in [0.1, 0.15) is 11.5 Å². The van der Waals surface area contributed by atoms with Crippen molar-refractivity contribution in [3.63, 3.8) is 0 Å². The Balaban J connectivity index is 2.90. The Bertz CT molecular complexity index is 420. The predicted molar refractivity (Wildman–Crippen MR) is 40.5 cm³/mol. The minimum absolute atomic E-state index is 0.333. The molecule has 0 aliphatic carbocycles. The van der Waals surface area contributed by atoms with Crippen molar-refractivity contribution < 1.29 is 26.0 Å². The Labute approximate surface area is 77.6 Å². The third kappa shape index (κ3) is 3.04. The normalized spacial score (nSPS) is 13.1. The van der Waals surface area contributed by atoms with Crippen molar-refractivity contribution in [1.29, 1.82) is 0 Å². The average molecular weight is 229 g/mol.